The third-order valence-electron chi connectivity index (χ3n) is 3.50. The molecule has 1 rings (SSSR count). The summed E-state index contributed by atoms with van der Waals surface area (Å²) in [6.45, 7) is 10.7. The first-order valence-electron chi connectivity index (χ1n) is 6.41. The van der Waals surface area contributed by atoms with Gasteiger partial charge in [0.25, 0.3) is 0 Å². The van der Waals surface area contributed by atoms with Crippen molar-refractivity contribution in [1.82, 2.24) is 5.32 Å². The van der Waals surface area contributed by atoms with E-state index in [4.69, 9.17) is 4.74 Å². The zero-order valence-corrected chi connectivity index (χ0v) is 12.1. The molecule has 0 spiro atoms. The van der Waals surface area contributed by atoms with Gasteiger partial charge in [0.15, 0.2) is 11.5 Å². The molecular formula is C15H25NO2. The van der Waals surface area contributed by atoms with Gasteiger partial charge in [-0.15, -0.1) is 0 Å². The van der Waals surface area contributed by atoms with Gasteiger partial charge in [0.05, 0.1) is 7.11 Å². The van der Waals surface area contributed by atoms with Gasteiger partial charge < -0.3 is 15.2 Å². The molecule has 0 radical (unpaired) electrons. The van der Waals surface area contributed by atoms with E-state index >= 15 is 0 Å². The number of methoxy groups -OCH3 is 1. The fraction of sp³-hybridized carbons (Fsp3) is 0.600. The number of phenolic OH excluding ortho intramolecular Hbond substituents is 1. The molecule has 0 saturated carbocycles. The quantitative estimate of drug-likeness (QED) is 0.844. The van der Waals surface area contributed by atoms with E-state index in [1.165, 1.54) is 0 Å². The first-order chi connectivity index (χ1) is 8.34. The van der Waals surface area contributed by atoms with E-state index in [1.807, 2.05) is 6.07 Å². The van der Waals surface area contributed by atoms with E-state index in [2.05, 4.69) is 33.0 Å². The highest BCUT2D eigenvalue weighted by molar-refractivity contribution is 5.41. The van der Waals surface area contributed by atoms with E-state index in [0.717, 1.165) is 18.7 Å². The molecule has 3 heteroatoms. The van der Waals surface area contributed by atoms with Crippen LogP contribution in [0.25, 0.3) is 0 Å². The molecule has 18 heavy (non-hydrogen) atoms. The summed E-state index contributed by atoms with van der Waals surface area (Å²) in [6, 6.07) is 5.50. The number of aromatic hydroxyl groups is 1. The maximum atomic E-state index is 9.68. The average molecular weight is 251 g/mol. The van der Waals surface area contributed by atoms with Crippen molar-refractivity contribution >= 4 is 0 Å². The first kappa shape index (κ1) is 14.8. The van der Waals surface area contributed by atoms with Crippen molar-refractivity contribution in [3.63, 3.8) is 0 Å². The number of nitrogens with one attached hydrogen (secondary N) is 1. The van der Waals surface area contributed by atoms with Gasteiger partial charge in [-0.25, -0.2) is 0 Å². The molecule has 1 unspecified atom stereocenters. The summed E-state index contributed by atoms with van der Waals surface area (Å²) < 4.78 is 5.02. The lowest BCUT2D eigenvalue weighted by Crippen LogP contribution is -2.29. The summed E-state index contributed by atoms with van der Waals surface area (Å²) in [6.07, 6.45) is 0. The SMILES string of the molecule is COc1ccc(CNCC(C)C(C)(C)C)cc1O. The molecule has 0 heterocycles. The molecule has 1 aromatic carbocycles. The smallest absolute Gasteiger partial charge is 0.160 e. The molecule has 0 aliphatic carbocycles. The molecule has 0 aromatic heterocycles. The summed E-state index contributed by atoms with van der Waals surface area (Å²) in [7, 11) is 1.55. The Labute approximate surface area is 110 Å². The molecule has 3 nitrogen and oxygen atoms in total. The molecule has 0 bridgehead atoms. The Morgan fingerprint density at radius 2 is 2.00 bits per heavy atom. The Morgan fingerprint density at radius 3 is 2.50 bits per heavy atom. The van der Waals surface area contributed by atoms with E-state index in [1.54, 1.807) is 19.2 Å². The lowest BCUT2D eigenvalue weighted by molar-refractivity contribution is 0.252. The number of rotatable bonds is 5. The zero-order valence-electron chi connectivity index (χ0n) is 12.1. The summed E-state index contributed by atoms with van der Waals surface area (Å²) in [5, 5.41) is 13.1. The van der Waals surface area contributed by atoms with E-state index in [9.17, 15) is 5.11 Å². The van der Waals surface area contributed by atoms with Crippen LogP contribution < -0.4 is 10.1 Å². The summed E-state index contributed by atoms with van der Waals surface area (Å²) in [5.41, 5.74) is 1.38. The minimum atomic E-state index is 0.195. The zero-order chi connectivity index (χ0) is 13.8. The highest BCUT2D eigenvalue weighted by Gasteiger charge is 2.19. The van der Waals surface area contributed by atoms with Crippen LogP contribution in [0.2, 0.25) is 0 Å². The highest BCUT2D eigenvalue weighted by atomic mass is 16.5. The Bertz CT molecular complexity index is 383. The number of benzene rings is 1. The van der Waals surface area contributed by atoms with Crippen LogP contribution in [-0.4, -0.2) is 18.8 Å². The van der Waals surface area contributed by atoms with Gasteiger partial charge in [0.2, 0.25) is 0 Å². The molecule has 1 aromatic rings. The van der Waals surface area contributed by atoms with Crippen molar-refractivity contribution < 1.29 is 9.84 Å². The van der Waals surface area contributed by atoms with Crippen LogP contribution in [0.15, 0.2) is 18.2 Å². The normalized spacial score (nSPS) is 13.4. The van der Waals surface area contributed by atoms with Crippen LogP contribution in [0.5, 0.6) is 11.5 Å². The molecule has 1 atom stereocenters. The second-order valence-corrected chi connectivity index (χ2v) is 5.90. The van der Waals surface area contributed by atoms with Crippen LogP contribution in [-0.2, 0) is 6.54 Å². The van der Waals surface area contributed by atoms with Crippen molar-refractivity contribution in [1.29, 1.82) is 0 Å². The van der Waals surface area contributed by atoms with Gasteiger partial charge in [0, 0.05) is 6.54 Å². The predicted molar refractivity (Wildman–Crippen MR) is 75.0 cm³/mol. The minimum Gasteiger partial charge on any atom is -0.504 e. The topological polar surface area (TPSA) is 41.5 Å². The minimum absolute atomic E-state index is 0.195. The predicted octanol–water partition coefficient (Wildman–Crippen LogP) is 3.17. The first-order valence-corrected chi connectivity index (χ1v) is 6.41. The number of hydrogen-bond acceptors (Lipinski definition) is 3. The molecule has 0 amide bonds. The maximum Gasteiger partial charge on any atom is 0.160 e. The van der Waals surface area contributed by atoms with E-state index in [0.29, 0.717) is 17.1 Å². The third kappa shape index (κ3) is 4.22. The Morgan fingerprint density at radius 1 is 1.33 bits per heavy atom. The van der Waals surface area contributed by atoms with Crippen molar-refractivity contribution in [3.8, 4) is 11.5 Å². The van der Waals surface area contributed by atoms with Crippen LogP contribution in [0.1, 0.15) is 33.3 Å². The number of phenols is 1. The van der Waals surface area contributed by atoms with Crippen LogP contribution in [0.4, 0.5) is 0 Å². The van der Waals surface area contributed by atoms with E-state index in [-0.39, 0.29) is 5.75 Å². The van der Waals surface area contributed by atoms with Gasteiger partial charge in [-0.2, -0.15) is 0 Å². The van der Waals surface area contributed by atoms with Gasteiger partial charge in [-0.3, -0.25) is 0 Å². The van der Waals surface area contributed by atoms with Crippen LogP contribution in [0, 0.1) is 11.3 Å². The Balaban J connectivity index is 2.47. The standard InChI is InChI=1S/C15H25NO2/c1-11(15(2,3)4)9-16-10-12-6-7-14(18-5)13(17)8-12/h6-8,11,16-17H,9-10H2,1-5H3. The van der Waals surface area contributed by atoms with Crippen LogP contribution in [0.3, 0.4) is 0 Å². The van der Waals surface area contributed by atoms with Crippen LogP contribution >= 0.6 is 0 Å². The van der Waals surface area contributed by atoms with Gasteiger partial charge in [0.1, 0.15) is 0 Å². The number of hydrogen-bond donors (Lipinski definition) is 2. The van der Waals surface area contributed by atoms with Gasteiger partial charge >= 0.3 is 0 Å². The number of ether oxygens (including phenoxy) is 1. The molecule has 2 N–H and O–H groups in total. The van der Waals surface area contributed by atoms with E-state index < -0.39 is 0 Å². The van der Waals surface area contributed by atoms with Gasteiger partial charge in [-0.1, -0.05) is 33.8 Å². The Kier molecular flexibility index (Phi) is 5.03. The third-order valence-corrected chi connectivity index (χ3v) is 3.50. The second-order valence-electron chi connectivity index (χ2n) is 5.90. The Hall–Kier alpha value is -1.22. The fourth-order valence-electron chi connectivity index (χ4n) is 1.58. The fourth-order valence-corrected chi connectivity index (χ4v) is 1.58. The highest BCUT2D eigenvalue weighted by Crippen LogP contribution is 2.27. The molecular weight excluding hydrogens is 226 g/mol. The lowest BCUT2D eigenvalue weighted by Gasteiger charge is -2.27. The summed E-state index contributed by atoms with van der Waals surface area (Å²) in [4.78, 5) is 0. The summed E-state index contributed by atoms with van der Waals surface area (Å²) >= 11 is 0. The lowest BCUT2D eigenvalue weighted by atomic mass is 9.82. The molecule has 0 fully saturated rings. The largest absolute Gasteiger partial charge is 0.504 e. The van der Waals surface area contributed by atoms with Crippen molar-refractivity contribution in [2.45, 2.75) is 34.2 Å². The summed E-state index contributed by atoms with van der Waals surface area (Å²) in [5.74, 6) is 1.31. The van der Waals surface area contributed by atoms with Crippen molar-refractivity contribution in [2.24, 2.45) is 11.3 Å². The van der Waals surface area contributed by atoms with Crippen molar-refractivity contribution in [2.75, 3.05) is 13.7 Å². The maximum absolute atomic E-state index is 9.68. The average Bonchev–Trinajstić information content (AvgIpc) is 2.28. The molecule has 102 valence electrons. The molecule has 0 aliphatic heterocycles. The van der Waals surface area contributed by atoms with Crippen molar-refractivity contribution in [3.05, 3.63) is 23.8 Å². The van der Waals surface area contributed by atoms with Gasteiger partial charge in [-0.05, 0) is 35.6 Å². The second kappa shape index (κ2) is 6.10. The molecule has 0 saturated heterocycles. The monoisotopic (exact) mass is 251 g/mol. The molecule has 0 aliphatic rings.